The monoisotopic (exact) mass is 480 g/mol. The number of nitrogens with zero attached hydrogens (tertiary/aromatic N) is 3. The van der Waals surface area contributed by atoms with Gasteiger partial charge in [-0.25, -0.2) is 4.98 Å². The third-order valence-corrected chi connectivity index (χ3v) is 5.67. The zero-order valence-corrected chi connectivity index (χ0v) is 18.2. The molecule has 3 heterocycles. The highest BCUT2D eigenvalue weighted by Gasteiger charge is 2.21. The van der Waals surface area contributed by atoms with E-state index in [9.17, 15) is 4.79 Å². The van der Waals surface area contributed by atoms with Crippen molar-refractivity contribution in [3.05, 3.63) is 40.0 Å². The van der Waals surface area contributed by atoms with Gasteiger partial charge in [0.2, 0.25) is 5.91 Å². The standard InChI is InChI=1S/C20H22BrClN4O3/c21-14-2-3-19(23-12-14)26-6-4-25(5-7-26)13-20(27)24-16-11-18-17(10-15(16)22)28-8-1-9-29-18/h2-3,10-12H,1,4-9,13H2,(H,24,27). The molecule has 0 spiro atoms. The fraction of sp³-hybridized carbons (Fsp3) is 0.400. The van der Waals surface area contributed by atoms with Crippen molar-refractivity contribution in [2.45, 2.75) is 6.42 Å². The molecule has 7 nitrogen and oxygen atoms in total. The Bertz CT molecular complexity index is 873. The first-order valence-corrected chi connectivity index (χ1v) is 10.7. The normalized spacial score (nSPS) is 17.0. The summed E-state index contributed by atoms with van der Waals surface area (Å²) in [6, 6.07) is 7.42. The second-order valence-corrected chi connectivity index (χ2v) is 8.30. The third kappa shape index (κ3) is 5.12. The zero-order valence-electron chi connectivity index (χ0n) is 15.9. The maximum Gasteiger partial charge on any atom is 0.238 e. The Labute approximate surface area is 183 Å². The number of nitrogens with one attached hydrogen (secondary N) is 1. The van der Waals surface area contributed by atoms with E-state index in [1.165, 1.54) is 0 Å². The van der Waals surface area contributed by atoms with Crippen LogP contribution < -0.4 is 19.7 Å². The topological polar surface area (TPSA) is 66.9 Å². The van der Waals surface area contributed by atoms with E-state index < -0.39 is 0 Å². The van der Waals surface area contributed by atoms with Crippen molar-refractivity contribution in [1.29, 1.82) is 0 Å². The number of halogens is 2. The number of aromatic nitrogens is 1. The van der Waals surface area contributed by atoms with Crippen molar-refractivity contribution in [3.8, 4) is 11.5 Å². The molecule has 1 fully saturated rings. The summed E-state index contributed by atoms with van der Waals surface area (Å²) in [5, 5.41) is 3.34. The summed E-state index contributed by atoms with van der Waals surface area (Å²) in [6.45, 7) is 4.72. The molecule has 1 saturated heterocycles. The number of rotatable bonds is 4. The fourth-order valence-corrected chi connectivity index (χ4v) is 3.80. The van der Waals surface area contributed by atoms with Crippen LogP contribution in [0.1, 0.15) is 6.42 Å². The first-order chi connectivity index (χ1) is 14.1. The molecule has 0 radical (unpaired) electrons. The van der Waals surface area contributed by atoms with Gasteiger partial charge in [0.1, 0.15) is 5.82 Å². The molecule has 154 valence electrons. The Morgan fingerprint density at radius 1 is 1.14 bits per heavy atom. The van der Waals surface area contributed by atoms with E-state index in [0.29, 0.717) is 42.0 Å². The van der Waals surface area contributed by atoms with E-state index in [-0.39, 0.29) is 5.91 Å². The molecule has 0 aliphatic carbocycles. The maximum atomic E-state index is 12.5. The van der Waals surface area contributed by atoms with Crippen molar-refractivity contribution in [2.24, 2.45) is 0 Å². The van der Waals surface area contributed by atoms with Gasteiger partial charge in [0.25, 0.3) is 0 Å². The van der Waals surface area contributed by atoms with Crippen molar-refractivity contribution in [2.75, 3.05) is 56.2 Å². The minimum absolute atomic E-state index is 0.100. The molecule has 4 rings (SSSR count). The highest BCUT2D eigenvalue weighted by atomic mass is 79.9. The number of hydrogen-bond donors (Lipinski definition) is 1. The summed E-state index contributed by atoms with van der Waals surface area (Å²) in [5.41, 5.74) is 0.540. The molecule has 1 aromatic carbocycles. The SMILES string of the molecule is O=C(CN1CCN(c2ccc(Br)cn2)CC1)Nc1cc2c(cc1Cl)OCCCO2. The number of fused-ring (bicyclic) bond motifs is 1. The van der Waals surface area contributed by atoms with Gasteiger partial charge in [-0.15, -0.1) is 0 Å². The first kappa shape index (κ1) is 20.3. The molecule has 1 aromatic heterocycles. The van der Waals surface area contributed by atoms with Crippen molar-refractivity contribution >= 4 is 44.9 Å². The van der Waals surface area contributed by atoms with Gasteiger partial charge in [0.05, 0.1) is 30.5 Å². The summed E-state index contributed by atoms with van der Waals surface area (Å²) >= 11 is 9.72. The Kier molecular flexibility index (Phi) is 6.42. The predicted octanol–water partition coefficient (Wildman–Crippen LogP) is 3.42. The Morgan fingerprint density at radius 3 is 2.55 bits per heavy atom. The maximum absolute atomic E-state index is 12.5. The molecule has 0 atom stereocenters. The van der Waals surface area contributed by atoms with Crippen molar-refractivity contribution in [1.82, 2.24) is 9.88 Å². The van der Waals surface area contributed by atoms with Crippen LogP contribution in [0.15, 0.2) is 34.9 Å². The van der Waals surface area contributed by atoms with Gasteiger partial charge < -0.3 is 19.7 Å². The summed E-state index contributed by atoms with van der Waals surface area (Å²) in [4.78, 5) is 21.3. The van der Waals surface area contributed by atoms with E-state index >= 15 is 0 Å². The van der Waals surface area contributed by atoms with Crippen LogP contribution >= 0.6 is 27.5 Å². The number of amides is 1. The Balaban J connectivity index is 1.31. The highest BCUT2D eigenvalue weighted by Crippen LogP contribution is 2.37. The molecule has 0 bridgehead atoms. The first-order valence-electron chi connectivity index (χ1n) is 9.56. The lowest BCUT2D eigenvalue weighted by molar-refractivity contribution is -0.117. The van der Waals surface area contributed by atoms with Crippen molar-refractivity contribution < 1.29 is 14.3 Å². The summed E-state index contributed by atoms with van der Waals surface area (Å²) < 4.78 is 12.3. The molecule has 2 aromatic rings. The minimum Gasteiger partial charge on any atom is -0.490 e. The molecule has 9 heteroatoms. The molecule has 0 saturated carbocycles. The zero-order chi connectivity index (χ0) is 20.2. The Hall–Kier alpha value is -2.03. The van der Waals surface area contributed by atoms with Crippen LogP contribution in [-0.4, -0.2) is 61.7 Å². The molecule has 2 aliphatic rings. The lowest BCUT2D eigenvalue weighted by Crippen LogP contribution is -2.48. The predicted molar refractivity (Wildman–Crippen MR) is 116 cm³/mol. The number of pyridine rings is 1. The largest absolute Gasteiger partial charge is 0.490 e. The average molecular weight is 482 g/mol. The van der Waals surface area contributed by atoms with Crippen LogP contribution in [0.2, 0.25) is 5.02 Å². The molecular formula is C20H22BrClN4O3. The summed E-state index contributed by atoms with van der Waals surface area (Å²) in [7, 11) is 0. The smallest absolute Gasteiger partial charge is 0.238 e. The van der Waals surface area contributed by atoms with Gasteiger partial charge in [0.15, 0.2) is 11.5 Å². The van der Waals surface area contributed by atoms with Crippen LogP contribution in [0.5, 0.6) is 11.5 Å². The van der Waals surface area contributed by atoms with Gasteiger partial charge in [-0.05, 0) is 28.1 Å². The number of benzene rings is 1. The van der Waals surface area contributed by atoms with Crippen LogP contribution in [0.25, 0.3) is 0 Å². The molecule has 29 heavy (non-hydrogen) atoms. The van der Waals surface area contributed by atoms with E-state index in [0.717, 1.165) is 42.9 Å². The lowest BCUT2D eigenvalue weighted by Gasteiger charge is -2.35. The Morgan fingerprint density at radius 2 is 1.86 bits per heavy atom. The summed E-state index contributed by atoms with van der Waals surface area (Å²) in [6.07, 6.45) is 2.62. The molecule has 0 unspecified atom stereocenters. The van der Waals surface area contributed by atoms with Gasteiger partial charge in [0, 0.05) is 55.4 Å². The summed E-state index contributed by atoms with van der Waals surface area (Å²) in [5.74, 6) is 2.08. The molecule has 1 amide bonds. The molecule has 2 aliphatic heterocycles. The molecule has 1 N–H and O–H groups in total. The van der Waals surface area contributed by atoms with E-state index in [1.807, 2.05) is 12.1 Å². The van der Waals surface area contributed by atoms with Crippen molar-refractivity contribution in [3.63, 3.8) is 0 Å². The second-order valence-electron chi connectivity index (χ2n) is 6.98. The number of anilines is 2. The average Bonchev–Trinajstić information content (AvgIpc) is 2.94. The van der Waals surface area contributed by atoms with Crippen LogP contribution in [0.4, 0.5) is 11.5 Å². The number of carbonyl (C=O) groups excluding carboxylic acids is 1. The quantitative estimate of drug-likeness (QED) is 0.722. The number of piperazine rings is 1. The van der Waals surface area contributed by atoms with E-state index in [2.05, 4.69) is 36.0 Å². The highest BCUT2D eigenvalue weighted by molar-refractivity contribution is 9.10. The van der Waals surface area contributed by atoms with Crippen LogP contribution in [0.3, 0.4) is 0 Å². The molecular weight excluding hydrogens is 460 g/mol. The number of hydrogen-bond acceptors (Lipinski definition) is 6. The van der Waals surface area contributed by atoms with Gasteiger partial charge in [-0.2, -0.15) is 0 Å². The third-order valence-electron chi connectivity index (χ3n) is 4.89. The number of ether oxygens (including phenoxy) is 2. The van der Waals surface area contributed by atoms with E-state index in [1.54, 1.807) is 18.3 Å². The van der Waals surface area contributed by atoms with E-state index in [4.69, 9.17) is 21.1 Å². The van der Waals surface area contributed by atoms with Crippen LogP contribution in [-0.2, 0) is 4.79 Å². The van der Waals surface area contributed by atoms with Gasteiger partial charge in [-0.3, -0.25) is 9.69 Å². The lowest BCUT2D eigenvalue weighted by atomic mass is 10.2. The fourth-order valence-electron chi connectivity index (χ4n) is 3.36. The van der Waals surface area contributed by atoms with Gasteiger partial charge >= 0.3 is 0 Å². The van der Waals surface area contributed by atoms with Gasteiger partial charge in [-0.1, -0.05) is 11.6 Å². The second kappa shape index (κ2) is 9.19. The van der Waals surface area contributed by atoms with Crippen LogP contribution in [0, 0.1) is 0 Å². The minimum atomic E-state index is -0.100. The number of carbonyl (C=O) groups is 1.